The molecule has 0 aliphatic rings. The van der Waals surface area contributed by atoms with E-state index < -0.39 is 0 Å². The van der Waals surface area contributed by atoms with Crippen molar-refractivity contribution in [3.05, 3.63) is 0 Å². The van der Waals surface area contributed by atoms with Gasteiger partial charge in [-0.15, -0.1) is 0 Å². The first-order chi connectivity index (χ1) is 7.60. The number of nitrogens with one attached hydrogen (secondary N) is 1. The maximum atomic E-state index is 11.3. The number of carbonyl (C=O) groups is 1. The molecule has 0 atom stereocenters. The van der Waals surface area contributed by atoms with Crippen molar-refractivity contribution in [2.45, 2.75) is 59.1 Å². The van der Waals surface area contributed by atoms with Gasteiger partial charge in [0.25, 0.3) is 0 Å². The Balaban J connectivity index is 3.48. The van der Waals surface area contributed by atoms with Crippen LogP contribution in [0.15, 0.2) is 0 Å². The Morgan fingerprint density at radius 1 is 1.06 bits per heavy atom. The van der Waals surface area contributed by atoms with E-state index in [2.05, 4.69) is 26.1 Å². The number of rotatable bonds is 6. The van der Waals surface area contributed by atoms with Crippen molar-refractivity contribution in [3.8, 4) is 0 Å². The fraction of sp³-hybridized carbons (Fsp3) is 0.923. The lowest BCUT2D eigenvalue weighted by Gasteiger charge is -2.20. The summed E-state index contributed by atoms with van der Waals surface area (Å²) in [6.07, 6.45) is 0.396. The first-order valence-corrected chi connectivity index (χ1v) is 6.15. The van der Waals surface area contributed by atoms with Gasteiger partial charge in [-0.05, 0) is 41.5 Å². The highest BCUT2D eigenvalue weighted by Gasteiger charge is 2.11. The van der Waals surface area contributed by atoms with Gasteiger partial charge >= 0.3 is 5.97 Å². The summed E-state index contributed by atoms with van der Waals surface area (Å²) in [4.78, 5) is 11.3. The third kappa shape index (κ3) is 13.3. The summed E-state index contributed by atoms with van der Waals surface area (Å²) in [6.45, 7) is 13.5. The molecule has 0 saturated heterocycles. The molecule has 102 valence electrons. The van der Waals surface area contributed by atoms with Gasteiger partial charge in [-0.25, -0.2) is 0 Å². The summed E-state index contributed by atoms with van der Waals surface area (Å²) < 4.78 is 10.5. The maximum absolute atomic E-state index is 11.3. The predicted molar refractivity (Wildman–Crippen MR) is 69.0 cm³/mol. The van der Waals surface area contributed by atoms with Gasteiger partial charge in [-0.1, -0.05) is 0 Å². The Morgan fingerprint density at radius 2 is 1.65 bits per heavy atom. The van der Waals surface area contributed by atoms with E-state index >= 15 is 0 Å². The van der Waals surface area contributed by atoms with Crippen LogP contribution < -0.4 is 5.32 Å². The van der Waals surface area contributed by atoms with Crippen LogP contribution in [0, 0.1) is 0 Å². The van der Waals surface area contributed by atoms with Gasteiger partial charge in [0.15, 0.2) is 0 Å². The highest BCUT2D eigenvalue weighted by Crippen LogP contribution is 2.05. The summed E-state index contributed by atoms with van der Waals surface area (Å²) in [5.74, 6) is -0.181. The molecule has 0 aliphatic carbocycles. The minimum atomic E-state index is -0.181. The minimum absolute atomic E-state index is 0.0373. The zero-order valence-corrected chi connectivity index (χ0v) is 12.1. The van der Waals surface area contributed by atoms with Gasteiger partial charge in [0.05, 0.1) is 18.6 Å². The molecule has 4 heteroatoms. The van der Waals surface area contributed by atoms with Gasteiger partial charge in [-0.3, -0.25) is 4.79 Å². The first kappa shape index (κ1) is 16.4. The van der Waals surface area contributed by atoms with Crippen LogP contribution in [0.3, 0.4) is 0 Å². The van der Waals surface area contributed by atoms with Crippen LogP contribution in [0.4, 0.5) is 0 Å². The third-order valence-corrected chi connectivity index (χ3v) is 1.87. The molecular weight excluding hydrogens is 218 g/mol. The molecule has 0 unspecified atom stereocenters. The molecule has 0 heterocycles. The average Bonchev–Trinajstić information content (AvgIpc) is 2.09. The number of hydrogen-bond acceptors (Lipinski definition) is 4. The first-order valence-electron chi connectivity index (χ1n) is 6.15. The smallest absolute Gasteiger partial charge is 0.307 e. The minimum Gasteiger partial charge on any atom is -0.463 e. The number of carbonyl (C=O) groups excluding carboxylic acids is 1. The van der Waals surface area contributed by atoms with Crippen molar-refractivity contribution in [1.29, 1.82) is 0 Å². The van der Waals surface area contributed by atoms with Gasteiger partial charge in [0.2, 0.25) is 0 Å². The van der Waals surface area contributed by atoms with Gasteiger partial charge in [0, 0.05) is 12.1 Å². The summed E-state index contributed by atoms with van der Waals surface area (Å²) in [7, 11) is 0. The highest BCUT2D eigenvalue weighted by molar-refractivity contribution is 5.69. The van der Waals surface area contributed by atoms with E-state index in [-0.39, 0.29) is 17.1 Å². The molecule has 0 bridgehead atoms. The van der Waals surface area contributed by atoms with Crippen molar-refractivity contribution >= 4 is 5.97 Å². The molecule has 4 nitrogen and oxygen atoms in total. The van der Waals surface area contributed by atoms with Crippen LogP contribution in [-0.2, 0) is 14.3 Å². The van der Waals surface area contributed by atoms with Crippen molar-refractivity contribution in [1.82, 2.24) is 5.32 Å². The van der Waals surface area contributed by atoms with Crippen molar-refractivity contribution < 1.29 is 14.3 Å². The summed E-state index contributed by atoms with van der Waals surface area (Å²) >= 11 is 0. The second-order valence-corrected chi connectivity index (χ2v) is 6.11. The molecule has 0 aromatic rings. The Hall–Kier alpha value is -0.610. The summed E-state index contributed by atoms with van der Waals surface area (Å²) in [6, 6.07) is 0. The number of esters is 1. The largest absolute Gasteiger partial charge is 0.463 e. The molecule has 0 rings (SSSR count). The monoisotopic (exact) mass is 245 g/mol. The summed E-state index contributed by atoms with van der Waals surface area (Å²) in [5.41, 5.74) is -0.143. The van der Waals surface area contributed by atoms with Gasteiger partial charge in [-0.2, -0.15) is 0 Å². The quantitative estimate of drug-likeness (QED) is 0.575. The van der Waals surface area contributed by atoms with E-state index in [0.717, 1.165) is 0 Å². The molecule has 0 aromatic heterocycles. The van der Waals surface area contributed by atoms with Crippen molar-refractivity contribution in [2.24, 2.45) is 0 Å². The Morgan fingerprint density at radius 3 is 2.12 bits per heavy atom. The van der Waals surface area contributed by atoms with Gasteiger partial charge in [0.1, 0.15) is 6.61 Å². The third-order valence-electron chi connectivity index (χ3n) is 1.87. The zero-order valence-electron chi connectivity index (χ0n) is 12.1. The zero-order chi connectivity index (χ0) is 13.5. The van der Waals surface area contributed by atoms with E-state index in [1.807, 2.05) is 20.8 Å². The van der Waals surface area contributed by atoms with Crippen LogP contribution in [0.2, 0.25) is 0 Å². The van der Waals surface area contributed by atoms with Crippen LogP contribution in [0.5, 0.6) is 0 Å². The normalized spacial score (nSPS) is 12.6. The van der Waals surface area contributed by atoms with Crippen LogP contribution in [0.25, 0.3) is 0 Å². The van der Waals surface area contributed by atoms with E-state index in [0.29, 0.717) is 26.2 Å². The van der Waals surface area contributed by atoms with Crippen LogP contribution in [-0.4, -0.2) is 36.9 Å². The Kier molecular flexibility index (Phi) is 6.72. The molecule has 0 radical (unpaired) electrons. The van der Waals surface area contributed by atoms with Crippen molar-refractivity contribution in [3.63, 3.8) is 0 Å². The van der Waals surface area contributed by atoms with E-state index in [9.17, 15) is 4.79 Å². The highest BCUT2D eigenvalue weighted by atomic mass is 16.6. The molecular formula is C13H27NO3. The molecule has 1 N–H and O–H groups in total. The van der Waals surface area contributed by atoms with E-state index in [1.165, 1.54) is 0 Å². The molecule has 0 fully saturated rings. The van der Waals surface area contributed by atoms with Crippen LogP contribution in [0.1, 0.15) is 48.0 Å². The molecule has 0 aliphatic heterocycles. The predicted octanol–water partition coefficient (Wildman–Crippen LogP) is 2.12. The lowest BCUT2D eigenvalue weighted by Crippen LogP contribution is -2.37. The number of ether oxygens (including phenoxy) is 2. The van der Waals surface area contributed by atoms with Crippen LogP contribution >= 0.6 is 0 Å². The Bertz CT molecular complexity index is 226. The molecule has 17 heavy (non-hydrogen) atoms. The topological polar surface area (TPSA) is 47.6 Å². The molecule has 0 aromatic carbocycles. The standard InChI is InChI=1S/C13H27NO3/c1-12(2,3)14-8-7-11(15)16-9-10-17-13(4,5)6/h14H,7-10H2,1-6H3. The fourth-order valence-electron chi connectivity index (χ4n) is 1.12. The lowest BCUT2D eigenvalue weighted by molar-refractivity contribution is -0.146. The number of hydrogen-bond donors (Lipinski definition) is 1. The lowest BCUT2D eigenvalue weighted by atomic mass is 10.1. The van der Waals surface area contributed by atoms with Crippen molar-refractivity contribution in [2.75, 3.05) is 19.8 Å². The second kappa shape index (κ2) is 6.97. The SMILES string of the molecule is CC(C)(C)NCCC(=O)OCCOC(C)(C)C. The average molecular weight is 245 g/mol. The second-order valence-electron chi connectivity index (χ2n) is 6.11. The van der Waals surface area contributed by atoms with E-state index in [4.69, 9.17) is 9.47 Å². The molecule has 0 saturated carbocycles. The fourth-order valence-corrected chi connectivity index (χ4v) is 1.12. The summed E-state index contributed by atoms with van der Waals surface area (Å²) in [5, 5.41) is 3.24. The van der Waals surface area contributed by atoms with Gasteiger partial charge < -0.3 is 14.8 Å². The molecule has 0 spiro atoms. The Labute approximate surface area is 105 Å². The van der Waals surface area contributed by atoms with E-state index in [1.54, 1.807) is 0 Å². The maximum Gasteiger partial charge on any atom is 0.307 e. The molecule has 0 amide bonds.